The molecule has 1 atom stereocenters. The number of anilines is 1. The lowest BCUT2D eigenvalue weighted by Crippen LogP contribution is -2.38. The summed E-state index contributed by atoms with van der Waals surface area (Å²) in [5, 5.41) is 2.68. The van der Waals surface area contributed by atoms with Crippen LogP contribution in [0.5, 0.6) is 0 Å². The SMILES string of the molecule is CO[C@H](C(=O)N(C)CC(=O)Nc1cccc(C)n1)c1ccccc1. The topological polar surface area (TPSA) is 71.5 Å². The molecular weight excluding hydrogens is 306 g/mol. The average molecular weight is 327 g/mol. The average Bonchev–Trinajstić information content (AvgIpc) is 2.56. The molecule has 1 aromatic heterocycles. The molecule has 2 aromatic rings. The maximum absolute atomic E-state index is 12.5. The first-order valence-corrected chi connectivity index (χ1v) is 7.57. The van der Waals surface area contributed by atoms with Crippen LogP contribution >= 0.6 is 0 Å². The molecule has 2 rings (SSSR count). The summed E-state index contributed by atoms with van der Waals surface area (Å²) in [6.45, 7) is 1.76. The third kappa shape index (κ3) is 4.63. The van der Waals surface area contributed by atoms with Gasteiger partial charge in [0.1, 0.15) is 5.82 Å². The molecule has 1 N–H and O–H groups in total. The highest BCUT2D eigenvalue weighted by atomic mass is 16.5. The first kappa shape index (κ1) is 17.6. The number of hydrogen-bond acceptors (Lipinski definition) is 4. The van der Waals surface area contributed by atoms with Gasteiger partial charge in [-0.2, -0.15) is 0 Å². The van der Waals surface area contributed by atoms with E-state index in [1.54, 1.807) is 13.1 Å². The van der Waals surface area contributed by atoms with Crippen molar-refractivity contribution in [3.05, 3.63) is 59.8 Å². The number of pyridine rings is 1. The molecule has 0 unspecified atom stereocenters. The second-order valence-corrected chi connectivity index (χ2v) is 5.43. The van der Waals surface area contributed by atoms with Crippen molar-refractivity contribution in [3.8, 4) is 0 Å². The lowest BCUT2D eigenvalue weighted by molar-refractivity contribution is -0.143. The van der Waals surface area contributed by atoms with Gasteiger partial charge in [0, 0.05) is 19.9 Å². The van der Waals surface area contributed by atoms with Gasteiger partial charge in [0.05, 0.1) is 6.54 Å². The number of carbonyl (C=O) groups is 2. The molecule has 24 heavy (non-hydrogen) atoms. The minimum atomic E-state index is -0.735. The van der Waals surface area contributed by atoms with Gasteiger partial charge in [0.2, 0.25) is 5.91 Å². The van der Waals surface area contributed by atoms with E-state index in [9.17, 15) is 9.59 Å². The third-order valence-corrected chi connectivity index (χ3v) is 3.48. The molecule has 6 heteroatoms. The summed E-state index contributed by atoms with van der Waals surface area (Å²) in [5.41, 5.74) is 1.55. The summed E-state index contributed by atoms with van der Waals surface area (Å²) >= 11 is 0. The molecule has 6 nitrogen and oxygen atoms in total. The number of amides is 2. The van der Waals surface area contributed by atoms with Crippen molar-refractivity contribution in [3.63, 3.8) is 0 Å². The maximum atomic E-state index is 12.5. The molecule has 0 bridgehead atoms. The molecule has 0 aliphatic heterocycles. The Morgan fingerprint density at radius 2 is 1.88 bits per heavy atom. The molecular formula is C18H21N3O3. The van der Waals surface area contributed by atoms with Gasteiger partial charge in [-0.15, -0.1) is 0 Å². The van der Waals surface area contributed by atoms with E-state index < -0.39 is 6.10 Å². The Morgan fingerprint density at radius 3 is 2.50 bits per heavy atom. The van der Waals surface area contributed by atoms with Crippen LogP contribution < -0.4 is 5.32 Å². The number of likely N-dealkylation sites (N-methyl/N-ethyl adjacent to an activating group) is 1. The van der Waals surface area contributed by atoms with Gasteiger partial charge in [0.15, 0.2) is 6.10 Å². The Balaban J connectivity index is 1.98. The number of rotatable bonds is 6. The zero-order valence-electron chi connectivity index (χ0n) is 14.0. The molecule has 0 saturated carbocycles. The third-order valence-electron chi connectivity index (χ3n) is 3.48. The summed E-state index contributed by atoms with van der Waals surface area (Å²) in [4.78, 5) is 30.2. The minimum absolute atomic E-state index is 0.0822. The molecule has 2 amide bonds. The van der Waals surface area contributed by atoms with Crippen molar-refractivity contribution in [1.29, 1.82) is 0 Å². The van der Waals surface area contributed by atoms with Crippen LogP contribution in [-0.4, -0.2) is 42.4 Å². The van der Waals surface area contributed by atoms with E-state index in [-0.39, 0.29) is 18.4 Å². The highest BCUT2D eigenvalue weighted by molar-refractivity contribution is 5.94. The molecule has 0 fully saturated rings. The Labute approximate surface area is 141 Å². The zero-order valence-corrected chi connectivity index (χ0v) is 14.0. The second kappa shape index (κ2) is 8.21. The number of carbonyl (C=O) groups excluding carboxylic acids is 2. The van der Waals surface area contributed by atoms with Gasteiger partial charge in [-0.25, -0.2) is 4.98 Å². The first-order valence-electron chi connectivity index (χ1n) is 7.57. The van der Waals surface area contributed by atoms with Gasteiger partial charge in [-0.1, -0.05) is 36.4 Å². The Bertz CT molecular complexity index is 704. The van der Waals surface area contributed by atoms with Crippen LogP contribution in [0.25, 0.3) is 0 Å². The summed E-state index contributed by atoms with van der Waals surface area (Å²) < 4.78 is 5.30. The van der Waals surface area contributed by atoms with Crippen LogP contribution in [0, 0.1) is 6.92 Å². The Kier molecular flexibility index (Phi) is 6.03. The van der Waals surface area contributed by atoms with E-state index in [1.165, 1.54) is 12.0 Å². The van der Waals surface area contributed by atoms with Gasteiger partial charge >= 0.3 is 0 Å². The largest absolute Gasteiger partial charge is 0.367 e. The van der Waals surface area contributed by atoms with Crippen LogP contribution in [0.4, 0.5) is 5.82 Å². The van der Waals surface area contributed by atoms with E-state index in [1.807, 2.05) is 49.4 Å². The van der Waals surface area contributed by atoms with Crippen molar-refractivity contribution in [2.75, 3.05) is 26.0 Å². The van der Waals surface area contributed by atoms with E-state index >= 15 is 0 Å². The van der Waals surface area contributed by atoms with Crippen molar-refractivity contribution in [2.45, 2.75) is 13.0 Å². The van der Waals surface area contributed by atoms with Gasteiger partial charge in [-0.05, 0) is 24.6 Å². The number of ether oxygens (including phenoxy) is 1. The summed E-state index contributed by atoms with van der Waals surface area (Å²) in [6, 6.07) is 14.5. The molecule has 0 saturated heterocycles. The number of aryl methyl sites for hydroxylation is 1. The highest BCUT2D eigenvalue weighted by Crippen LogP contribution is 2.18. The standard InChI is InChI=1S/C18H21N3O3/c1-13-8-7-11-15(19-13)20-16(22)12-21(2)18(23)17(24-3)14-9-5-4-6-10-14/h4-11,17H,12H2,1-3H3,(H,19,20,22)/t17-/m0/s1. The number of nitrogens with zero attached hydrogens (tertiary/aromatic N) is 2. The van der Waals surface area contributed by atoms with Crippen molar-refractivity contribution in [2.24, 2.45) is 0 Å². The minimum Gasteiger partial charge on any atom is -0.367 e. The lowest BCUT2D eigenvalue weighted by atomic mass is 10.1. The van der Waals surface area contributed by atoms with Crippen LogP contribution in [0.3, 0.4) is 0 Å². The van der Waals surface area contributed by atoms with E-state index in [0.29, 0.717) is 5.82 Å². The van der Waals surface area contributed by atoms with E-state index in [0.717, 1.165) is 11.3 Å². The highest BCUT2D eigenvalue weighted by Gasteiger charge is 2.24. The van der Waals surface area contributed by atoms with Crippen LogP contribution in [0.2, 0.25) is 0 Å². The number of aromatic nitrogens is 1. The van der Waals surface area contributed by atoms with Gasteiger partial charge in [0.25, 0.3) is 5.91 Å². The monoisotopic (exact) mass is 327 g/mol. The van der Waals surface area contributed by atoms with Gasteiger partial charge in [-0.3, -0.25) is 9.59 Å². The number of methoxy groups -OCH3 is 1. The quantitative estimate of drug-likeness (QED) is 0.883. The number of nitrogens with one attached hydrogen (secondary N) is 1. The van der Waals surface area contributed by atoms with Crippen molar-refractivity contribution in [1.82, 2.24) is 9.88 Å². The summed E-state index contributed by atoms with van der Waals surface area (Å²) in [5.74, 6) is -0.130. The fourth-order valence-electron chi connectivity index (χ4n) is 2.30. The normalized spacial score (nSPS) is 11.6. The van der Waals surface area contributed by atoms with Gasteiger partial charge < -0.3 is 15.0 Å². The smallest absolute Gasteiger partial charge is 0.256 e. The van der Waals surface area contributed by atoms with Crippen LogP contribution in [0.15, 0.2) is 48.5 Å². The zero-order chi connectivity index (χ0) is 17.5. The lowest BCUT2D eigenvalue weighted by Gasteiger charge is -2.22. The first-order chi connectivity index (χ1) is 11.5. The summed E-state index contributed by atoms with van der Waals surface area (Å²) in [6.07, 6.45) is -0.735. The Morgan fingerprint density at radius 1 is 1.17 bits per heavy atom. The predicted molar refractivity (Wildman–Crippen MR) is 91.4 cm³/mol. The summed E-state index contributed by atoms with van der Waals surface area (Å²) in [7, 11) is 3.04. The molecule has 0 aliphatic carbocycles. The molecule has 1 heterocycles. The van der Waals surface area contributed by atoms with Crippen LogP contribution in [0.1, 0.15) is 17.4 Å². The van der Waals surface area contributed by atoms with E-state index in [4.69, 9.17) is 4.74 Å². The maximum Gasteiger partial charge on any atom is 0.256 e. The van der Waals surface area contributed by atoms with Crippen LogP contribution in [-0.2, 0) is 14.3 Å². The molecule has 126 valence electrons. The van der Waals surface area contributed by atoms with E-state index in [2.05, 4.69) is 10.3 Å². The van der Waals surface area contributed by atoms with Crippen molar-refractivity contribution >= 4 is 17.6 Å². The fourth-order valence-corrected chi connectivity index (χ4v) is 2.30. The molecule has 0 spiro atoms. The molecule has 0 aliphatic rings. The fraction of sp³-hybridized carbons (Fsp3) is 0.278. The second-order valence-electron chi connectivity index (χ2n) is 5.43. The van der Waals surface area contributed by atoms with Crippen molar-refractivity contribution < 1.29 is 14.3 Å². The predicted octanol–water partition coefficient (Wildman–Crippen LogP) is 2.17. The Hall–Kier alpha value is -2.73. The molecule has 0 radical (unpaired) electrons. The molecule has 1 aromatic carbocycles. The number of hydrogen-bond donors (Lipinski definition) is 1. The number of benzene rings is 1.